The Balaban J connectivity index is 1.27. The molecular weight excluding hydrogens is 596 g/mol. The van der Waals surface area contributed by atoms with Crippen molar-refractivity contribution in [2.45, 2.75) is 20.3 Å². The van der Waals surface area contributed by atoms with Gasteiger partial charge in [-0.05, 0) is 86.8 Å². The lowest BCUT2D eigenvalue weighted by Gasteiger charge is -2.24. The van der Waals surface area contributed by atoms with Crippen LogP contribution in [0.4, 0.5) is 28.4 Å². The number of fused-ring (bicyclic) bond motifs is 5. The second kappa shape index (κ2) is 11.5. The second-order valence-corrected chi connectivity index (χ2v) is 11.8. The molecule has 0 aliphatic carbocycles. The molecule has 0 fully saturated rings. The van der Waals surface area contributed by atoms with Gasteiger partial charge in [-0.15, -0.1) is 0 Å². The van der Waals surface area contributed by atoms with Gasteiger partial charge in [-0.2, -0.15) is 0 Å². The fourth-order valence-corrected chi connectivity index (χ4v) is 6.82. The summed E-state index contributed by atoms with van der Waals surface area (Å²) in [6, 6.07) is 33.6. The first kappa shape index (κ1) is 29.1. The summed E-state index contributed by atoms with van der Waals surface area (Å²) in [7, 11) is 0. The Morgan fingerprint density at radius 1 is 0.833 bits per heavy atom. The average molecular weight is 631 g/mol. The molecule has 0 spiro atoms. The Bertz CT molecular complexity index is 2510. The van der Waals surface area contributed by atoms with Crippen molar-refractivity contribution in [2.75, 3.05) is 22.2 Å². The van der Waals surface area contributed by atoms with Crippen LogP contribution in [0.25, 0.3) is 44.3 Å². The second-order valence-electron chi connectivity index (χ2n) is 11.8. The van der Waals surface area contributed by atoms with Gasteiger partial charge in [0.1, 0.15) is 17.8 Å². The number of benzene rings is 5. The first-order valence-corrected chi connectivity index (χ1v) is 16.0. The van der Waals surface area contributed by atoms with E-state index in [1.807, 2.05) is 97.9 Å². The predicted molar refractivity (Wildman–Crippen MR) is 199 cm³/mol. The van der Waals surface area contributed by atoms with Crippen LogP contribution in [0.15, 0.2) is 141 Å². The fourth-order valence-electron chi connectivity index (χ4n) is 6.82. The van der Waals surface area contributed by atoms with Gasteiger partial charge >= 0.3 is 5.69 Å². The molecule has 8 nitrogen and oxygen atoms in total. The number of rotatable bonds is 7. The molecule has 8 rings (SSSR count). The van der Waals surface area contributed by atoms with Gasteiger partial charge in [0.2, 0.25) is 0 Å². The molecule has 0 saturated heterocycles. The lowest BCUT2D eigenvalue weighted by Crippen LogP contribution is -2.27. The summed E-state index contributed by atoms with van der Waals surface area (Å²) in [4.78, 5) is 23.4. The molecule has 236 valence electrons. The van der Waals surface area contributed by atoms with E-state index in [4.69, 9.17) is 10.2 Å². The van der Waals surface area contributed by atoms with Crippen molar-refractivity contribution >= 4 is 68.1 Å². The third-order valence-corrected chi connectivity index (χ3v) is 9.07. The maximum Gasteiger partial charge on any atom is 0.338 e. The fraction of sp³-hybridized carbons (Fsp3) is 0.100. The number of anilines is 4. The number of allylic oxidation sites excluding steroid dienone is 3. The van der Waals surface area contributed by atoms with Gasteiger partial charge in [0, 0.05) is 16.5 Å². The van der Waals surface area contributed by atoms with E-state index in [0.717, 1.165) is 67.8 Å². The highest BCUT2D eigenvalue weighted by Crippen LogP contribution is 2.47. The number of aliphatic imine (C=N–C) groups is 1. The highest BCUT2D eigenvalue weighted by Gasteiger charge is 2.30. The topological polar surface area (TPSA) is 84.9 Å². The van der Waals surface area contributed by atoms with E-state index in [0.29, 0.717) is 23.7 Å². The average Bonchev–Trinajstić information content (AvgIpc) is 3.77. The smallest absolute Gasteiger partial charge is 0.338 e. The monoisotopic (exact) mass is 630 g/mol. The number of nitrogens with two attached hydrogens (primary N) is 1. The summed E-state index contributed by atoms with van der Waals surface area (Å²) in [5, 5.41) is 1.94. The minimum absolute atomic E-state index is 0.240. The maximum absolute atomic E-state index is 14.5. The van der Waals surface area contributed by atoms with E-state index in [1.165, 1.54) is 0 Å². The van der Waals surface area contributed by atoms with Crippen molar-refractivity contribution in [3.8, 4) is 11.4 Å². The molecule has 48 heavy (non-hydrogen) atoms. The molecule has 0 amide bonds. The van der Waals surface area contributed by atoms with Crippen molar-refractivity contribution < 1.29 is 4.42 Å². The standard InChI is InChI=1S/C40H34N6O2/c1-4-6-13-26(5-2)43-25-44(33-16-9-8-15-32(33)43)37-23-30(41)36(24-31(37)42-3)46-35-18-11-10-17-34(35)45(40(46)47)27-20-21-39-29(22-27)28-14-7-12-19-38(28)48-39/h5-24H,3-4,25,41H2,1-2H3/b13-6-,26-5+. The van der Waals surface area contributed by atoms with Crippen molar-refractivity contribution in [3.05, 3.63) is 138 Å². The first-order chi connectivity index (χ1) is 23.5. The molecule has 0 bridgehead atoms. The largest absolute Gasteiger partial charge is 0.456 e. The van der Waals surface area contributed by atoms with Crippen LogP contribution in [-0.2, 0) is 0 Å². The summed E-state index contributed by atoms with van der Waals surface area (Å²) >= 11 is 0. The molecule has 5 aromatic carbocycles. The lowest BCUT2D eigenvalue weighted by molar-refractivity contribution is 0.669. The number of nitrogen functional groups attached to an aromatic ring is 1. The highest BCUT2D eigenvalue weighted by atomic mass is 16.3. The third-order valence-electron chi connectivity index (χ3n) is 9.07. The Morgan fingerprint density at radius 3 is 2.31 bits per heavy atom. The van der Waals surface area contributed by atoms with Crippen molar-refractivity contribution in [3.63, 3.8) is 0 Å². The third kappa shape index (κ3) is 4.45. The van der Waals surface area contributed by atoms with Crippen molar-refractivity contribution in [2.24, 2.45) is 4.99 Å². The number of hydrogen-bond donors (Lipinski definition) is 1. The van der Waals surface area contributed by atoms with Crippen LogP contribution in [0.5, 0.6) is 0 Å². The van der Waals surface area contributed by atoms with Crippen LogP contribution >= 0.6 is 0 Å². The molecule has 1 aliphatic rings. The molecule has 2 aromatic heterocycles. The summed E-state index contributed by atoms with van der Waals surface area (Å²) in [6.45, 7) is 8.67. The zero-order valence-electron chi connectivity index (χ0n) is 26.8. The Labute approximate surface area is 277 Å². The summed E-state index contributed by atoms with van der Waals surface area (Å²) in [6.07, 6.45) is 7.38. The number of furan rings is 1. The normalized spacial score (nSPS) is 13.4. The van der Waals surface area contributed by atoms with Gasteiger partial charge in [-0.3, -0.25) is 14.1 Å². The summed E-state index contributed by atoms with van der Waals surface area (Å²) in [5.41, 5.74) is 16.1. The Hall–Kier alpha value is -6.28. The number of nitrogens with zero attached hydrogens (tertiary/aromatic N) is 5. The van der Waals surface area contributed by atoms with E-state index in [1.54, 1.807) is 9.13 Å². The van der Waals surface area contributed by atoms with E-state index in [9.17, 15) is 4.79 Å². The van der Waals surface area contributed by atoms with Crippen LogP contribution < -0.4 is 21.2 Å². The lowest BCUT2D eigenvalue weighted by atomic mass is 10.1. The first-order valence-electron chi connectivity index (χ1n) is 16.0. The molecule has 2 N–H and O–H groups in total. The van der Waals surface area contributed by atoms with Crippen LogP contribution in [0, 0.1) is 0 Å². The van der Waals surface area contributed by atoms with Gasteiger partial charge in [-0.25, -0.2) is 4.79 Å². The van der Waals surface area contributed by atoms with Gasteiger partial charge < -0.3 is 20.0 Å². The highest BCUT2D eigenvalue weighted by molar-refractivity contribution is 6.05. The molecule has 3 heterocycles. The van der Waals surface area contributed by atoms with E-state index in [-0.39, 0.29) is 5.69 Å². The summed E-state index contributed by atoms with van der Waals surface area (Å²) < 4.78 is 9.45. The number of imidazole rings is 1. The van der Waals surface area contributed by atoms with Gasteiger partial charge in [0.05, 0.1) is 50.8 Å². The molecule has 8 heteroatoms. The van der Waals surface area contributed by atoms with E-state index < -0.39 is 0 Å². The maximum atomic E-state index is 14.5. The number of para-hydroxylation sites is 5. The molecule has 0 saturated carbocycles. The minimum atomic E-state index is -0.240. The SMILES string of the molecule is C=Nc1cc(-n2c(=O)n(-c3ccc4oc5ccccc5c4c3)c3ccccc32)c(N)cc1N1CN(C(/C=C\CC)=C/C)c2ccccc21. The molecule has 0 radical (unpaired) electrons. The van der Waals surface area contributed by atoms with E-state index in [2.05, 4.69) is 58.8 Å². The van der Waals surface area contributed by atoms with Crippen molar-refractivity contribution in [1.82, 2.24) is 9.13 Å². The van der Waals surface area contributed by atoms with Gasteiger partial charge in [0.25, 0.3) is 0 Å². The Kier molecular flexibility index (Phi) is 6.99. The molecular formula is C40H34N6O2. The molecule has 0 unspecified atom stereocenters. The molecule has 0 atom stereocenters. The summed E-state index contributed by atoms with van der Waals surface area (Å²) in [5.74, 6) is 0. The molecule has 1 aliphatic heterocycles. The Morgan fingerprint density at radius 2 is 1.54 bits per heavy atom. The predicted octanol–water partition coefficient (Wildman–Crippen LogP) is 9.38. The zero-order valence-corrected chi connectivity index (χ0v) is 26.8. The number of aromatic nitrogens is 2. The van der Waals surface area contributed by atoms with Crippen molar-refractivity contribution in [1.29, 1.82) is 0 Å². The van der Waals surface area contributed by atoms with Crippen LogP contribution in [0.3, 0.4) is 0 Å². The van der Waals surface area contributed by atoms with Crippen LogP contribution in [0.2, 0.25) is 0 Å². The van der Waals surface area contributed by atoms with Gasteiger partial charge in [-0.1, -0.05) is 61.5 Å². The minimum Gasteiger partial charge on any atom is -0.456 e. The van der Waals surface area contributed by atoms with Gasteiger partial charge in [0.15, 0.2) is 0 Å². The van der Waals surface area contributed by atoms with E-state index >= 15 is 0 Å². The van der Waals surface area contributed by atoms with Crippen LogP contribution in [-0.4, -0.2) is 22.5 Å². The molecule has 7 aromatic rings. The van der Waals surface area contributed by atoms with Crippen LogP contribution in [0.1, 0.15) is 20.3 Å². The zero-order chi connectivity index (χ0) is 32.9. The quantitative estimate of drug-likeness (QED) is 0.108. The number of hydrogen-bond acceptors (Lipinski definition) is 6.